The maximum absolute atomic E-state index is 12.5. The Hall–Kier alpha value is -1.84. The van der Waals surface area contributed by atoms with Crippen LogP contribution in [0, 0.1) is 5.92 Å². The molecule has 0 N–H and O–H groups in total. The van der Waals surface area contributed by atoms with Crippen LogP contribution in [0.25, 0.3) is 0 Å². The Morgan fingerprint density at radius 3 is 2.09 bits per heavy atom. The number of hydrogen-bond donors (Lipinski definition) is 0. The Labute approximate surface area is 139 Å². The van der Waals surface area contributed by atoms with Gasteiger partial charge in [-0.1, -0.05) is 39.3 Å². The van der Waals surface area contributed by atoms with Gasteiger partial charge in [0.25, 0.3) is 5.91 Å². The van der Waals surface area contributed by atoms with Crippen molar-refractivity contribution in [3.05, 3.63) is 35.4 Å². The fourth-order valence-electron chi connectivity index (χ4n) is 2.92. The highest BCUT2D eigenvalue weighted by atomic mass is 16.2. The second kappa shape index (κ2) is 8.14. The average Bonchev–Trinajstić information content (AvgIpc) is 2.55. The van der Waals surface area contributed by atoms with Gasteiger partial charge in [-0.2, -0.15) is 0 Å². The van der Waals surface area contributed by atoms with Gasteiger partial charge in [0.05, 0.1) is 0 Å². The Bertz CT molecular complexity index is 529. The molecule has 0 unspecified atom stereocenters. The molecule has 0 atom stereocenters. The van der Waals surface area contributed by atoms with Crippen LogP contribution < -0.4 is 0 Å². The van der Waals surface area contributed by atoms with Gasteiger partial charge < -0.3 is 9.80 Å². The van der Waals surface area contributed by atoms with Crippen molar-refractivity contribution < 1.29 is 9.59 Å². The maximum atomic E-state index is 12.5. The molecule has 4 heteroatoms. The van der Waals surface area contributed by atoms with Gasteiger partial charge in [0.1, 0.15) is 0 Å². The molecule has 1 aromatic carbocycles. The van der Waals surface area contributed by atoms with Gasteiger partial charge in [0.2, 0.25) is 5.91 Å². The van der Waals surface area contributed by atoms with Crippen molar-refractivity contribution in [2.75, 3.05) is 26.2 Å². The standard InChI is InChI=1S/C19H28N2O2/c1-4-5-16-6-8-17(9-7-16)19(23)21-12-10-20(11-13-21)18(22)14-15(2)3/h6-9,15H,4-5,10-14H2,1-3H3. The predicted molar refractivity (Wildman–Crippen MR) is 92.4 cm³/mol. The van der Waals surface area contributed by atoms with E-state index in [2.05, 4.69) is 20.8 Å². The van der Waals surface area contributed by atoms with Gasteiger partial charge >= 0.3 is 0 Å². The maximum Gasteiger partial charge on any atom is 0.253 e. The molecule has 0 saturated carbocycles. The highest BCUT2D eigenvalue weighted by Crippen LogP contribution is 2.13. The molecule has 0 bridgehead atoms. The van der Waals surface area contributed by atoms with Crippen LogP contribution in [0.2, 0.25) is 0 Å². The first kappa shape index (κ1) is 17.5. The normalized spacial score (nSPS) is 15.1. The summed E-state index contributed by atoms with van der Waals surface area (Å²) < 4.78 is 0. The molecule has 0 spiro atoms. The first-order valence-electron chi connectivity index (χ1n) is 8.67. The van der Waals surface area contributed by atoms with E-state index < -0.39 is 0 Å². The molecule has 1 aromatic rings. The zero-order chi connectivity index (χ0) is 16.8. The fourth-order valence-corrected chi connectivity index (χ4v) is 2.92. The third kappa shape index (κ3) is 4.81. The molecule has 4 nitrogen and oxygen atoms in total. The first-order chi connectivity index (χ1) is 11.0. The van der Waals surface area contributed by atoms with E-state index >= 15 is 0 Å². The minimum Gasteiger partial charge on any atom is -0.339 e. The van der Waals surface area contributed by atoms with Crippen molar-refractivity contribution in [3.63, 3.8) is 0 Å². The highest BCUT2D eigenvalue weighted by Gasteiger charge is 2.24. The molecule has 0 aromatic heterocycles. The van der Waals surface area contributed by atoms with Crippen molar-refractivity contribution in [2.24, 2.45) is 5.92 Å². The van der Waals surface area contributed by atoms with Crippen LogP contribution in [0.4, 0.5) is 0 Å². The topological polar surface area (TPSA) is 40.6 Å². The summed E-state index contributed by atoms with van der Waals surface area (Å²) in [6.07, 6.45) is 2.75. The molecule has 1 aliphatic heterocycles. The molecule has 2 rings (SSSR count). The van der Waals surface area contributed by atoms with Gasteiger partial charge in [0, 0.05) is 38.2 Å². The van der Waals surface area contributed by atoms with Crippen LogP contribution >= 0.6 is 0 Å². The van der Waals surface area contributed by atoms with Crippen LogP contribution in [0.1, 0.15) is 49.5 Å². The molecule has 126 valence electrons. The zero-order valence-electron chi connectivity index (χ0n) is 14.5. The van der Waals surface area contributed by atoms with Gasteiger partial charge in [0.15, 0.2) is 0 Å². The summed E-state index contributed by atoms with van der Waals surface area (Å²) in [6.45, 7) is 8.80. The lowest BCUT2D eigenvalue weighted by atomic mass is 10.1. The third-order valence-corrected chi connectivity index (χ3v) is 4.24. The summed E-state index contributed by atoms with van der Waals surface area (Å²) in [6, 6.07) is 7.92. The molecule has 2 amide bonds. The number of rotatable bonds is 5. The van der Waals surface area contributed by atoms with Crippen LogP contribution in [0.3, 0.4) is 0 Å². The summed E-state index contributed by atoms with van der Waals surface area (Å²) in [5.74, 6) is 0.656. The molecule has 1 saturated heterocycles. The number of benzene rings is 1. The molecule has 0 aliphatic carbocycles. The number of hydrogen-bond acceptors (Lipinski definition) is 2. The Balaban J connectivity index is 1.89. The molecule has 1 fully saturated rings. The van der Waals surface area contributed by atoms with Crippen molar-refractivity contribution in [3.8, 4) is 0 Å². The summed E-state index contributed by atoms with van der Waals surface area (Å²) in [4.78, 5) is 28.4. The van der Waals surface area contributed by atoms with Crippen LogP contribution in [-0.2, 0) is 11.2 Å². The highest BCUT2D eigenvalue weighted by molar-refractivity contribution is 5.94. The number of nitrogens with zero attached hydrogens (tertiary/aromatic N) is 2. The monoisotopic (exact) mass is 316 g/mol. The van der Waals surface area contributed by atoms with E-state index in [0.29, 0.717) is 38.5 Å². The SMILES string of the molecule is CCCc1ccc(C(=O)N2CCN(C(=O)CC(C)C)CC2)cc1. The van der Waals surface area contributed by atoms with E-state index in [-0.39, 0.29) is 11.8 Å². The Morgan fingerprint density at radius 1 is 1.00 bits per heavy atom. The van der Waals surface area contributed by atoms with Gasteiger partial charge in [-0.25, -0.2) is 0 Å². The summed E-state index contributed by atoms with van der Waals surface area (Å²) in [7, 11) is 0. The zero-order valence-corrected chi connectivity index (χ0v) is 14.5. The number of carbonyl (C=O) groups is 2. The van der Waals surface area contributed by atoms with Gasteiger partial charge in [-0.05, 0) is 30.0 Å². The number of amides is 2. The smallest absolute Gasteiger partial charge is 0.253 e. The minimum absolute atomic E-state index is 0.0732. The number of carbonyl (C=O) groups excluding carboxylic acids is 2. The van der Waals surface area contributed by atoms with E-state index in [1.54, 1.807) is 0 Å². The summed E-state index contributed by atoms with van der Waals surface area (Å²) >= 11 is 0. The van der Waals surface area contributed by atoms with Crippen molar-refractivity contribution in [2.45, 2.75) is 40.0 Å². The largest absolute Gasteiger partial charge is 0.339 e. The molecular formula is C19H28N2O2. The lowest BCUT2D eigenvalue weighted by molar-refractivity contribution is -0.133. The quantitative estimate of drug-likeness (QED) is 0.838. The second-order valence-electron chi connectivity index (χ2n) is 6.72. The van der Waals surface area contributed by atoms with Crippen LogP contribution in [0.5, 0.6) is 0 Å². The van der Waals surface area contributed by atoms with E-state index in [9.17, 15) is 9.59 Å². The van der Waals surface area contributed by atoms with Gasteiger partial charge in [-0.3, -0.25) is 9.59 Å². The number of aryl methyl sites for hydroxylation is 1. The fraction of sp³-hybridized carbons (Fsp3) is 0.579. The molecular weight excluding hydrogens is 288 g/mol. The Morgan fingerprint density at radius 2 is 1.57 bits per heavy atom. The van der Waals surface area contributed by atoms with Crippen LogP contribution in [0.15, 0.2) is 24.3 Å². The van der Waals surface area contributed by atoms with E-state index in [0.717, 1.165) is 18.4 Å². The van der Waals surface area contributed by atoms with Crippen molar-refractivity contribution >= 4 is 11.8 Å². The lowest BCUT2D eigenvalue weighted by Gasteiger charge is -2.35. The third-order valence-electron chi connectivity index (χ3n) is 4.24. The van der Waals surface area contributed by atoms with Crippen molar-refractivity contribution in [1.29, 1.82) is 0 Å². The van der Waals surface area contributed by atoms with E-state index in [1.165, 1.54) is 5.56 Å². The average molecular weight is 316 g/mol. The number of piperazine rings is 1. The molecule has 23 heavy (non-hydrogen) atoms. The summed E-state index contributed by atoms with van der Waals surface area (Å²) in [5.41, 5.74) is 2.01. The molecule has 0 radical (unpaired) electrons. The molecule has 1 aliphatic rings. The van der Waals surface area contributed by atoms with Crippen LogP contribution in [-0.4, -0.2) is 47.8 Å². The predicted octanol–water partition coefficient (Wildman–Crippen LogP) is 2.97. The van der Waals surface area contributed by atoms with Crippen molar-refractivity contribution in [1.82, 2.24) is 9.80 Å². The first-order valence-corrected chi connectivity index (χ1v) is 8.67. The molecule has 1 heterocycles. The minimum atomic E-state index is 0.0732. The summed E-state index contributed by atoms with van der Waals surface area (Å²) in [5, 5.41) is 0. The van der Waals surface area contributed by atoms with E-state index in [4.69, 9.17) is 0 Å². The lowest BCUT2D eigenvalue weighted by Crippen LogP contribution is -2.50. The van der Waals surface area contributed by atoms with E-state index in [1.807, 2.05) is 34.1 Å². The second-order valence-corrected chi connectivity index (χ2v) is 6.72. The Kier molecular flexibility index (Phi) is 6.20. The van der Waals surface area contributed by atoms with Gasteiger partial charge in [-0.15, -0.1) is 0 Å².